The first kappa shape index (κ1) is 8.78. The SMILES string of the molecule is CC(C)(CN)OC(F)F. The third kappa shape index (κ3) is 4.29. The third-order valence-electron chi connectivity index (χ3n) is 0.900. The number of hydrogen-bond acceptors (Lipinski definition) is 2. The van der Waals surface area contributed by atoms with E-state index < -0.39 is 12.2 Å². The molecule has 0 radical (unpaired) electrons. The highest BCUT2D eigenvalue weighted by molar-refractivity contribution is 4.67. The first-order valence-corrected chi connectivity index (χ1v) is 2.64. The molecular weight excluding hydrogens is 128 g/mol. The minimum atomic E-state index is -2.73. The standard InChI is InChI=1S/C5H11F2NO/c1-5(2,3-8)9-4(6)7/h4H,3,8H2,1-2H3. The number of halogens is 2. The number of rotatable bonds is 3. The van der Waals surface area contributed by atoms with Crippen LogP contribution in [0.1, 0.15) is 13.8 Å². The lowest BCUT2D eigenvalue weighted by Crippen LogP contribution is -2.35. The van der Waals surface area contributed by atoms with Crippen LogP contribution in [0.4, 0.5) is 8.78 Å². The number of hydrogen-bond donors (Lipinski definition) is 1. The zero-order valence-electron chi connectivity index (χ0n) is 5.53. The van der Waals surface area contributed by atoms with Gasteiger partial charge in [-0.2, -0.15) is 8.78 Å². The first-order valence-electron chi connectivity index (χ1n) is 2.64. The summed E-state index contributed by atoms with van der Waals surface area (Å²) in [6.45, 7) is 0.388. The first-order chi connectivity index (χ1) is 3.98. The van der Waals surface area contributed by atoms with Crippen LogP contribution in [-0.2, 0) is 4.74 Å². The Morgan fingerprint density at radius 2 is 2.00 bits per heavy atom. The van der Waals surface area contributed by atoms with Gasteiger partial charge in [-0.15, -0.1) is 0 Å². The highest BCUT2D eigenvalue weighted by Gasteiger charge is 2.20. The number of nitrogens with two attached hydrogens (primary N) is 1. The summed E-state index contributed by atoms with van der Waals surface area (Å²) in [6, 6.07) is 0. The van der Waals surface area contributed by atoms with Gasteiger partial charge in [0.25, 0.3) is 0 Å². The minimum absolute atomic E-state index is 0.0946. The van der Waals surface area contributed by atoms with Crippen molar-refractivity contribution in [2.75, 3.05) is 6.54 Å². The molecule has 0 aliphatic carbocycles. The van der Waals surface area contributed by atoms with Crippen molar-refractivity contribution in [1.29, 1.82) is 0 Å². The van der Waals surface area contributed by atoms with Crippen LogP contribution in [0.2, 0.25) is 0 Å². The smallest absolute Gasteiger partial charge is 0.328 e. The Kier molecular flexibility index (Phi) is 3.00. The van der Waals surface area contributed by atoms with E-state index in [1.165, 1.54) is 13.8 Å². The van der Waals surface area contributed by atoms with Gasteiger partial charge >= 0.3 is 6.61 Å². The summed E-state index contributed by atoms with van der Waals surface area (Å²) in [5.41, 5.74) is 4.19. The van der Waals surface area contributed by atoms with Crippen molar-refractivity contribution in [3.8, 4) is 0 Å². The number of alkyl halides is 2. The second-order valence-corrected chi connectivity index (χ2v) is 2.34. The Bertz CT molecular complexity index is 85.0. The highest BCUT2D eigenvalue weighted by Crippen LogP contribution is 2.11. The Morgan fingerprint density at radius 3 is 2.11 bits per heavy atom. The minimum Gasteiger partial charge on any atom is -0.328 e. The van der Waals surface area contributed by atoms with Crippen LogP contribution < -0.4 is 5.73 Å². The van der Waals surface area contributed by atoms with Gasteiger partial charge in [0, 0.05) is 6.54 Å². The van der Waals surface area contributed by atoms with Crippen molar-refractivity contribution in [2.45, 2.75) is 26.1 Å². The summed E-state index contributed by atoms with van der Waals surface area (Å²) in [4.78, 5) is 0. The molecule has 2 N–H and O–H groups in total. The molecular formula is C5H11F2NO. The van der Waals surface area contributed by atoms with Gasteiger partial charge in [-0.05, 0) is 13.8 Å². The monoisotopic (exact) mass is 139 g/mol. The summed E-state index contributed by atoms with van der Waals surface area (Å²) < 4.78 is 27.0. The van der Waals surface area contributed by atoms with E-state index in [-0.39, 0.29) is 6.54 Å². The third-order valence-corrected chi connectivity index (χ3v) is 0.900. The van der Waals surface area contributed by atoms with E-state index in [0.29, 0.717) is 0 Å². The molecule has 0 aliphatic heterocycles. The lowest BCUT2D eigenvalue weighted by Gasteiger charge is -2.21. The lowest BCUT2D eigenvalue weighted by atomic mass is 10.1. The van der Waals surface area contributed by atoms with Crippen LogP contribution >= 0.6 is 0 Å². The Labute approximate surface area is 53.0 Å². The van der Waals surface area contributed by atoms with Gasteiger partial charge < -0.3 is 10.5 Å². The van der Waals surface area contributed by atoms with Gasteiger partial charge in [-0.25, -0.2) is 0 Å². The quantitative estimate of drug-likeness (QED) is 0.632. The molecule has 9 heavy (non-hydrogen) atoms. The molecule has 56 valence electrons. The molecule has 0 atom stereocenters. The van der Waals surface area contributed by atoms with E-state index in [2.05, 4.69) is 4.74 Å². The molecule has 0 heterocycles. The predicted octanol–water partition coefficient (Wildman–Crippen LogP) is 0.963. The topological polar surface area (TPSA) is 35.2 Å². The zero-order chi connectivity index (χ0) is 7.49. The van der Waals surface area contributed by atoms with E-state index in [9.17, 15) is 8.78 Å². The second kappa shape index (κ2) is 3.08. The lowest BCUT2D eigenvalue weighted by molar-refractivity contribution is -0.192. The fourth-order valence-corrected chi connectivity index (χ4v) is 0.289. The van der Waals surface area contributed by atoms with Crippen LogP contribution in [0.15, 0.2) is 0 Å². The molecule has 0 saturated carbocycles. The molecule has 0 aliphatic rings. The van der Waals surface area contributed by atoms with Gasteiger partial charge in [0.05, 0.1) is 5.60 Å². The number of ether oxygens (including phenoxy) is 1. The summed E-state index contributed by atoms with van der Waals surface area (Å²) >= 11 is 0. The van der Waals surface area contributed by atoms with Crippen molar-refractivity contribution < 1.29 is 13.5 Å². The summed E-state index contributed by atoms with van der Waals surface area (Å²) in [6.07, 6.45) is 0. The predicted molar refractivity (Wildman–Crippen MR) is 30.2 cm³/mol. The zero-order valence-corrected chi connectivity index (χ0v) is 5.53. The molecule has 0 saturated heterocycles. The molecule has 0 amide bonds. The average molecular weight is 139 g/mol. The van der Waals surface area contributed by atoms with Crippen LogP contribution in [0, 0.1) is 0 Å². The summed E-state index contributed by atoms with van der Waals surface area (Å²) in [5.74, 6) is 0. The Morgan fingerprint density at radius 1 is 1.56 bits per heavy atom. The molecule has 0 aromatic carbocycles. The van der Waals surface area contributed by atoms with Gasteiger partial charge in [0.2, 0.25) is 0 Å². The largest absolute Gasteiger partial charge is 0.345 e. The van der Waals surface area contributed by atoms with Crippen LogP contribution in [0.5, 0.6) is 0 Å². The van der Waals surface area contributed by atoms with Crippen molar-refractivity contribution in [2.24, 2.45) is 5.73 Å². The normalized spacial score (nSPS) is 12.7. The van der Waals surface area contributed by atoms with Crippen molar-refractivity contribution in [3.63, 3.8) is 0 Å². The summed E-state index contributed by atoms with van der Waals surface area (Å²) in [5, 5.41) is 0. The molecule has 0 spiro atoms. The van der Waals surface area contributed by atoms with Gasteiger partial charge in [0.1, 0.15) is 0 Å². The average Bonchev–Trinajstić information content (AvgIpc) is 1.63. The Balaban J connectivity index is 3.58. The van der Waals surface area contributed by atoms with Crippen molar-refractivity contribution in [1.82, 2.24) is 0 Å². The van der Waals surface area contributed by atoms with Gasteiger partial charge in [0.15, 0.2) is 0 Å². The second-order valence-electron chi connectivity index (χ2n) is 2.34. The van der Waals surface area contributed by atoms with E-state index >= 15 is 0 Å². The van der Waals surface area contributed by atoms with Crippen LogP contribution in [0.25, 0.3) is 0 Å². The van der Waals surface area contributed by atoms with E-state index in [4.69, 9.17) is 5.73 Å². The van der Waals surface area contributed by atoms with Crippen LogP contribution in [0.3, 0.4) is 0 Å². The highest BCUT2D eigenvalue weighted by atomic mass is 19.3. The maximum absolute atomic E-state index is 11.4. The van der Waals surface area contributed by atoms with Gasteiger partial charge in [-0.3, -0.25) is 0 Å². The van der Waals surface area contributed by atoms with Gasteiger partial charge in [-0.1, -0.05) is 0 Å². The molecule has 0 aromatic heterocycles. The fraction of sp³-hybridized carbons (Fsp3) is 1.00. The maximum Gasteiger partial charge on any atom is 0.345 e. The van der Waals surface area contributed by atoms with Crippen LogP contribution in [-0.4, -0.2) is 18.8 Å². The molecule has 0 unspecified atom stereocenters. The molecule has 0 bridgehead atoms. The Hall–Kier alpha value is -0.220. The summed E-state index contributed by atoms with van der Waals surface area (Å²) in [7, 11) is 0. The van der Waals surface area contributed by atoms with E-state index in [1.54, 1.807) is 0 Å². The van der Waals surface area contributed by atoms with E-state index in [1.807, 2.05) is 0 Å². The van der Waals surface area contributed by atoms with Crippen molar-refractivity contribution in [3.05, 3.63) is 0 Å². The van der Waals surface area contributed by atoms with E-state index in [0.717, 1.165) is 0 Å². The van der Waals surface area contributed by atoms with Crippen molar-refractivity contribution >= 4 is 0 Å². The molecule has 0 fully saturated rings. The maximum atomic E-state index is 11.4. The molecule has 2 nitrogen and oxygen atoms in total. The molecule has 4 heteroatoms. The molecule has 0 rings (SSSR count). The molecule has 0 aromatic rings. The fourth-order valence-electron chi connectivity index (χ4n) is 0.289.